The fourth-order valence-corrected chi connectivity index (χ4v) is 1.97. The number of hydrogen-bond acceptors (Lipinski definition) is 5. The van der Waals surface area contributed by atoms with Gasteiger partial charge < -0.3 is 24.8 Å². The quantitative estimate of drug-likeness (QED) is 0.757. The van der Waals surface area contributed by atoms with Crippen LogP contribution in [0.15, 0.2) is 48.5 Å². The van der Waals surface area contributed by atoms with Gasteiger partial charge in [-0.15, -0.1) is 0 Å². The summed E-state index contributed by atoms with van der Waals surface area (Å²) in [6, 6.07) is 13.4. The Labute approximate surface area is 123 Å². The van der Waals surface area contributed by atoms with E-state index in [1.807, 2.05) is 6.07 Å². The van der Waals surface area contributed by atoms with Gasteiger partial charge in [0.2, 0.25) is 0 Å². The molecule has 0 saturated carbocycles. The molecule has 0 heterocycles. The van der Waals surface area contributed by atoms with Crippen LogP contribution < -0.4 is 9.47 Å². The van der Waals surface area contributed by atoms with Gasteiger partial charge in [0.15, 0.2) is 17.6 Å². The molecule has 0 aliphatic heterocycles. The summed E-state index contributed by atoms with van der Waals surface area (Å²) in [7, 11) is 1.43. The van der Waals surface area contributed by atoms with Crippen LogP contribution in [0.25, 0.3) is 0 Å². The lowest BCUT2D eigenvalue weighted by molar-refractivity contribution is 0.000667. The van der Waals surface area contributed by atoms with Crippen LogP contribution >= 0.6 is 0 Å². The Hall–Kier alpha value is -2.24. The maximum absolute atomic E-state index is 10.3. The van der Waals surface area contributed by atoms with Crippen LogP contribution in [0, 0.1) is 0 Å². The number of aliphatic hydroxyl groups excluding tert-OH is 2. The van der Waals surface area contributed by atoms with Crippen LogP contribution in [0.5, 0.6) is 17.2 Å². The van der Waals surface area contributed by atoms with Crippen LogP contribution in [-0.4, -0.2) is 35.1 Å². The van der Waals surface area contributed by atoms with Gasteiger partial charge in [0.25, 0.3) is 0 Å². The minimum absolute atomic E-state index is 0.0158. The molecule has 0 aromatic heterocycles. The highest BCUT2D eigenvalue weighted by atomic mass is 16.5. The molecule has 21 heavy (non-hydrogen) atoms. The van der Waals surface area contributed by atoms with E-state index in [0.29, 0.717) is 11.3 Å². The van der Waals surface area contributed by atoms with E-state index in [1.165, 1.54) is 19.2 Å². The van der Waals surface area contributed by atoms with Crippen molar-refractivity contribution in [2.45, 2.75) is 12.2 Å². The predicted octanol–water partition coefficient (Wildman–Crippen LogP) is 1.87. The molecule has 0 aliphatic carbocycles. The van der Waals surface area contributed by atoms with Crippen molar-refractivity contribution in [2.75, 3.05) is 13.7 Å². The second kappa shape index (κ2) is 6.97. The summed E-state index contributed by atoms with van der Waals surface area (Å²) in [5.74, 6) is 0.794. The van der Waals surface area contributed by atoms with Crippen molar-refractivity contribution >= 4 is 0 Å². The Kier molecular flexibility index (Phi) is 5.03. The van der Waals surface area contributed by atoms with E-state index in [4.69, 9.17) is 9.47 Å². The number of hydrogen-bond donors (Lipinski definition) is 3. The van der Waals surface area contributed by atoms with E-state index < -0.39 is 12.2 Å². The van der Waals surface area contributed by atoms with Gasteiger partial charge in [0.05, 0.1) is 13.7 Å². The first kappa shape index (κ1) is 15.2. The number of rotatable bonds is 6. The molecule has 0 bridgehead atoms. The lowest BCUT2D eigenvalue weighted by Gasteiger charge is -2.23. The summed E-state index contributed by atoms with van der Waals surface area (Å²) >= 11 is 0. The van der Waals surface area contributed by atoms with Crippen molar-refractivity contribution in [3.05, 3.63) is 54.1 Å². The van der Waals surface area contributed by atoms with Crippen molar-refractivity contribution in [2.24, 2.45) is 0 Å². The third-order valence-corrected chi connectivity index (χ3v) is 3.11. The first-order chi connectivity index (χ1) is 10.2. The molecule has 0 fully saturated rings. The van der Waals surface area contributed by atoms with Crippen molar-refractivity contribution in [3.8, 4) is 17.2 Å². The summed E-state index contributed by atoms with van der Waals surface area (Å²) in [4.78, 5) is 0. The van der Waals surface area contributed by atoms with Crippen molar-refractivity contribution in [1.82, 2.24) is 0 Å². The van der Waals surface area contributed by atoms with Crippen LogP contribution in [-0.2, 0) is 0 Å². The molecular weight excluding hydrogens is 272 g/mol. The molecule has 0 radical (unpaired) electrons. The second-order valence-electron chi connectivity index (χ2n) is 4.53. The summed E-state index contributed by atoms with van der Waals surface area (Å²) in [5, 5.41) is 29.3. The van der Waals surface area contributed by atoms with Gasteiger partial charge in [-0.05, 0) is 29.8 Å². The molecule has 0 aliphatic rings. The third-order valence-electron chi connectivity index (χ3n) is 3.11. The molecule has 5 nitrogen and oxygen atoms in total. The fourth-order valence-electron chi connectivity index (χ4n) is 1.97. The van der Waals surface area contributed by atoms with E-state index in [0.717, 1.165) is 0 Å². The smallest absolute Gasteiger partial charge is 0.160 e. The van der Waals surface area contributed by atoms with Gasteiger partial charge in [-0.25, -0.2) is 0 Å². The highest BCUT2D eigenvalue weighted by molar-refractivity contribution is 5.42. The average Bonchev–Trinajstić information content (AvgIpc) is 2.53. The van der Waals surface area contributed by atoms with Crippen LogP contribution in [0.1, 0.15) is 11.7 Å². The topological polar surface area (TPSA) is 79.2 Å². The highest BCUT2D eigenvalue weighted by Crippen LogP contribution is 2.30. The minimum atomic E-state index is -1.05. The van der Waals surface area contributed by atoms with Gasteiger partial charge in [0, 0.05) is 0 Å². The van der Waals surface area contributed by atoms with E-state index in [2.05, 4.69) is 0 Å². The number of phenolic OH excluding ortho intramolecular Hbond substituents is 1. The Balaban J connectivity index is 2.18. The number of phenols is 1. The van der Waals surface area contributed by atoms with Gasteiger partial charge in [-0.3, -0.25) is 0 Å². The lowest BCUT2D eigenvalue weighted by atomic mass is 10.0. The number of aliphatic hydroxyl groups is 2. The van der Waals surface area contributed by atoms with Crippen molar-refractivity contribution in [1.29, 1.82) is 0 Å². The van der Waals surface area contributed by atoms with Gasteiger partial charge in [-0.2, -0.15) is 0 Å². The first-order valence-electron chi connectivity index (χ1n) is 6.53. The zero-order valence-electron chi connectivity index (χ0n) is 11.6. The SMILES string of the molecule is COc1cc(C(O)C(CO)Oc2ccccc2)ccc1O. The zero-order valence-corrected chi connectivity index (χ0v) is 11.6. The largest absolute Gasteiger partial charge is 0.504 e. The molecule has 5 heteroatoms. The minimum Gasteiger partial charge on any atom is -0.504 e. The summed E-state index contributed by atoms with van der Waals surface area (Å²) in [5.41, 5.74) is 0.486. The Morgan fingerprint density at radius 3 is 2.43 bits per heavy atom. The van der Waals surface area contributed by atoms with Crippen LogP contribution in [0.3, 0.4) is 0 Å². The standard InChI is InChI=1S/C16H18O5/c1-20-14-9-11(7-8-13(14)18)16(19)15(10-17)21-12-5-3-2-4-6-12/h2-9,15-19H,10H2,1H3. The molecule has 0 spiro atoms. The maximum atomic E-state index is 10.3. The molecule has 0 saturated heterocycles. The Bertz CT molecular complexity index is 570. The zero-order chi connectivity index (χ0) is 15.2. The molecular formula is C16H18O5. The molecule has 3 N–H and O–H groups in total. The summed E-state index contributed by atoms with van der Waals surface area (Å²) in [6.45, 7) is -0.348. The van der Waals surface area contributed by atoms with Gasteiger partial charge >= 0.3 is 0 Å². The van der Waals surface area contributed by atoms with E-state index in [9.17, 15) is 15.3 Å². The Morgan fingerprint density at radius 2 is 1.81 bits per heavy atom. The number of aromatic hydroxyl groups is 1. The van der Waals surface area contributed by atoms with Crippen molar-refractivity contribution < 1.29 is 24.8 Å². The summed E-state index contributed by atoms with van der Waals surface area (Å²) in [6.07, 6.45) is -1.87. The van der Waals surface area contributed by atoms with E-state index in [1.54, 1.807) is 30.3 Å². The molecule has 2 aromatic carbocycles. The van der Waals surface area contributed by atoms with E-state index in [-0.39, 0.29) is 18.1 Å². The van der Waals surface area contributed by atoms with Gasteiger partial charge in [0.1, 0.15) is 11.9 Å². The number of para-hydroxylation sites is 1. The van der Waals surface area contributed by atoms with Gasteiger partial charge in [-0.1, -0.05) is 24.3 Å². The van der Waals surface area contributed by atoms with E-state index >= 15 is 0 Å². The van der Waals surface area contributed by atoms with Crippen LogP contribution in [0.4, 0.5) is 0 Å². The molecule has 2 rings (SSSR count). The Morgan fingerprint density at radius 1 is 1.10 bits per heavy atom. The average molecular weight is 290 g/mol. The lowest BCUT2D eigenvalue weighted by Crippen LogP contribution is -2.29. The normalized spacial score (nSPS) is 13.5. The molecule has 0 amide bonds. The number of ether oxygens (including phenoxy) is 2. The number of benzene rings is 2. The van der Waals surface area contributed by atoms with Crippen LogP contribution in [0.2, 0.25) is 0 Å². The second-order valence-corrected chi connectivity index (χ2v) is 4.53. The summed E-state index contributed by atoms with van der Waals surface area (Å²) < 4.78 is 10.6. The molecule has 2 atom stereocenters. The molecule has 112 valence electrons. The third kappa shape index (κ3) is 3.65. The maximum Gasteiger partial charge on any atom is 0.160 e. The van der Waals surface area contributed by atoms with Crippen molar-refractivity contribution in [3.63, 3.8) is 0 Å². The highest BCUT2D eigenvalue weighted by Gasteiger charge is 2.23. The number of methoxy groups -OCH3 is 1. The fraction of sp³-hybridized carbons (Fsp3) is 0.250. The molecule has 2 aromatic rings. The first-order valence-corrected chi connectivity index (χ1v) is 6.53. The molecule has 2 unspecified atom stereocenters. The predicted molar refractivity (Wildman–Crippen MR) is 77.6 cm³/mol. The monoisotopic (exact) mass is 290 g/mol.